The van der Waals surface area contributed by atoms with Gasteiger partial charge in [-0.05, 0) is 128 Å². The lowest BCUT2D eigenvalue weighted by Gasteiger charge is -2.28. The normalized spacial score (nSPS) is 19.4. The van der Waals surface area contributed by atoms with E-state index in [9.17, 15) is 14.4 Å². The van der Waals surface area contributed by atoms with Gasteiger partial charge in [-0.15, -0.1) is 10.2 Å². The van der Waals surface area contributed by atoms with E-state index in [1.165, 1.54) is 0 Å². The molecule has 1 saturated carbocycles. The third-order valence-electron chi connectivity index (χ3n) is 9.82. The number of hydrogen-bond acceptors (Lipinski definition) is 9. The predicted molar refractivity (Wildman–Crippen MR) is 190 cm³/mol. The van der Waals surface area contributed by atoms with E-state index in [0.29, 0.717) is 35.3 Å². The van der Waals surface area contributed by atoms with Gasteiger partial charge in [-0.2, -0.15) is 5.21 Å². The number of hydrogen-bond donors (Lipinski definition) is 6. The zero-order valence-corrected chi connectivity index (χ0v) is 28.5. The summed E-state index contributed by atoms with van der Waals surface area (Å²) in [5.41, 5.74) is 11.3. The van der Waals surface area contributed by atoms with E-state index in [2.05, 4.69) is 41.9 Å². The van der Waals surface area contributed by atoms with Crippen LogP contribution in [0.2, 0.25) is 0 Å². The minimum Gasteiger partial charge on any atom is -0.496 e. The van der Waals surface area contributed by atoms with Gasteiger partial charge in [0.05, 0.1) is 7.11 Å². The van der Waals surface area contributed by atoms with Crippen molar-refractivity contribution in [1.29, 1.82) is 0 Å². The number of carbonyl (C=O) groups excluding carboxylic acids is 3. The molecule has 1 aliphatic heterocycles. The average molecular weight is 680 g/mol. The molecule has 13 heteroatoms. The molecule has 4 aromatic rings. The number of ether oxygens (including phenoxy) is 1. The first kappa shape index (κ1) is 34.7. The number of methoxy groups -OCH3 is 1. The van der Waals surface area contributed by atoms with E-state index in [-0.39, 0.29) is 36.1 Å². The van der Waals surface area contributed by atoms with Gasteiger partial charge in [-0.25, -0.2) is 0 Å². The molecule has 1 aromatic heterocycles. The molecule has 0 spiro atoms. The van der Waals surface area contributed by atoms with Crippen LogP contribution in [-0.2, 0) is 16.0 Å². The molecule has 50 heavy (non-hydrogen) atoms. The van der Waals surface area contributed by atoms with Crippen molar-refractivity contribution in [1.82, 2.24) is 36.6 Å². The van der Waals surface area contributed by atoms with Gasteiger partial charge in [-0.3, -0.25) is 14.4 Å². The van der Waals surface area contributed by atoms with Crippen molar-refractivity contribution >= 4 is 23.4 Å². The van der Waals surface area contributed by atoms with Gasteiger partial charge in [0.1, 0.15) is 11.8 Å². The first-order valence-electron chi connectivity index (χ1n) is 17.3. The smallest absolute Gasteiger partial charge is 0.251 e. The number of tetrazole rings is 1. The fourth-order valence-corrected chi connectivity index (χ4v) is 6.86. The summed E-state index contributed by atoms with van der Waals surface area (Å²) < 4.78 is 5.75. The van der Waals surface area contributed by atoms with Crippen LogP contribution in [0.3, 0.4) is 0 Å². The summed E-state index contributed by atoms with van der Waals surface area (Å²) in [5.74, 6) is 0.819. The van der Waals surface area contributed by atoms with Crippen LogP contribution in [0.4, 0.5) is 5.69 Å². The van der Waals surface area contributed by atoms with Crippen molar-refractivity contribution < 1.29 is 19.1 Å². The zero-order chi connectivity index (χ0) is 35.0. The Balaban J connectivity index is 1.22. The topological polar surface area (TPSA) is 189 Å². The molecule has 13 nitrogen and oxygen atoms in total. The van der Waals surface area contributed by atoms with Crippen LogP contribution in [0, 0.1) is 18.8 Å². The molecule has 262 valence electrons. The van der Waals surface area contributed by atoms with E-state index in [1.807, 2.05) is 43.3 Å². The Morgan fingerprint density at radius 1 is 0.980 bits per heavy atom. The van der Waals surface area contributed by atoms with Gasteiger partial charge in [0.15, 0.2) is 0 Å². The maximum Gasteiger partial charge on any atom is 0.251 e. The molecule has 2 fully saturated rings. The zero-order valence-electron chi connectivity index (χ0n) is 28.5. The summed E-state index contributed by atoms with van der Waals surface area (Å²) in [4.78, 5) is 40.4. The van der Waals surface area contributed by atoms with Crippen molar-refractivity contribution in [3.8, 4) is 28.3 Å². The van der Waals surface area contributed by atoms with Crippen molar-refractivity contribution in [2.45, 2.75) is 57.5 Å². The first-order chi connectivity index (χ1) is 24.3. The summed E-state index contributed by atoms with van der Waals surface area (Å²) in [6, 6.07) is 17.8. The van der Waals surface area contributed by atoms with Crippen molar-refractivity contribution in [3.63, 3.8) is 0 Å². The van der Waals surface area contributed by atoms with Crippen LogP contribution in [0.5, 0.6) is 5.75 Å². The standard InChI is InChI=1S/C37H45N9O4/c1-22-17-27(36(48)41-29-15-16-39-21-29)10-13-30(22)31-18-24(5-14-33(31)50-2)19-32(42-35(47)26-6-3-23(20-38)4-7-26)37(49)40-28-11-8-25(9-12-28)34-43-45-46-44-34/h5,8-14,17-18,23,26,29,32,39H,3-4,6-7,15-16,19-21,38H2,1-2H3,(H,40,49)(H,41,48)(H,42,47)(H,43,44,45,46)/t23?,26?,29-,32+/m1/s1. The number of rotatable bonds is 12. The van der Waals surface area contributed by atoms with E-state index >= 15 is 0 Å². The molecular formula is C37H45N9O4. The number of H-pyrrole nitrogens is 1. The SMILES string of the molecule is COc1ccc(C[C@H](NC(=O)C2CCC(CN)CC2)C(=O)Nc2ccc(-c3nn[nH]n3)cc2)cc1-c1ccc(C(=O)N[C@@H]2CCNC2)cc1C. The maximum absolute atomic E-state index is 13.9. The molecule has 2 atom stereocenters. The second-order valence-electron chi connectivity index (χ2n) is 13.2. The lowest BCUT2D eigenvalue weighted by molar-refractivity contribution is -0.130. The Morgan fingerprint density at radius 2 is 1.78 bits per heavy atom. The molecule has 1 aliphatic carbocycles. The van der Waals surface area contributed by atoms with Gasteiger partial charge in [0.25, 0.3) is 5.91 Å². The Hall–Kier alpha value is -5.14. The van der Waals surface area contributed by atoms with Crippen LogP contribution in [-0.4, -0.2) is 77.2 Å². The van der Waals surface area contributed by atoms with E-state index < -0.39 is 6.04 Å². The molecule has 0 radical (unpaired) electrons. The summed E-state index contributed by atoms with van der Waals surface area (Å²) in [5, 5.41) is 26.5. The molecule has 1 saturated heterocycles. The highest BCUT2D eigenvalue weighted by atomic mass is 16.5. The summed E-state index contributed by atoms with van der Waals surface area (Å²) in [7, 11) is 1.62. The average Bonchev–Trinajstić information content (AvgIpc) is 3.87. The Kier molecular flexibility index (Phi) is 11.1. The minimum absolute atomic E-state index is 0.0976. The molecular weight excluding hydrogens is 634 g/mol. The van der Waals surface area contributed by atoms with Crippen molar-refractivity contribution in [2.75, 3.05) is 32.1 Å². The van der Waals surface area contributed by atoms with E-state index in [1.54, 1.807) is 31.4 Å². The lowest BCUT2D eigenvalue weighted by Crippen LogP contribution is -2.48. The lowest BCUT2D eigenvalue weighted by atomic mass is 9.81. The van der Waals surface area contributed by atoms with E-state index in [4.69, 9.17) is 10.5 Å². The molecule has 2 aliphatic rings. The summed E-state index contributed by atoms with van der Waals surface area (Å²) >= 11 is 0. The van der Waals surface area contributed by atoms with Crippen LogP contribution in [0.25, 0.3) is 22.5 Å². The number of nitrogens with zero attached hydrogens (tertiary/aromatic N) is 3. The van der Waals surface area contributed by atoms with Crippen molar-refractivity contribution in [3.05, 3.63) is 77.4 Å². The number of aryl methyl sites for hydroxylation is 1. The van der Waals surface area contributed by atoms with Crippen LogP contribution < -0.4 is 31.7 Å². The van der Waals surface area contributed by atoms with Crippen molar-refractivity contribution in [2.24, 2.45) is 17.6 Å². The largest absolute Gasteiger partial charge is 0.496 e. The third-order valence-corrected chi connectivity index (χ3v) is 9.82. The highest BCUT2D eigenvalue weighted by Gasteiger charge is 2.30. The van der Waals surface area contributed by atoms with Gasteiger partial charge < -0.3 is 31.7 Å². The highest BCUT2D eigenvalue weighted by molar-refractivity contribution is 5.98. The first-order valence-corrected chi connectivity index (χ1v) is 17.3. The fraction of sp³-hybridized carbons (Fsp3) is 0.405. The predicted octanol–water partition coefficient (Wildman–Crippen LogP) is 3.37. The van der Waals surface area contributed by atoms with Crippen LogP contribution >= 0.6 is 0 Å². The summed E-state index contributed by atoms with van der Waals surface area (Å²) in [6.07, 6.45) is 4.46. The summed E-state index contributed by atoms with van der Waals surface area (Å²) in [6.45, 7) is 4.26. The number of aromatic nitrogens is 4. The molecule has 0 bridgehead atoms. The number of nitrogens with one attached hydrogen (secondary N) is 5. The number of aromatic amines is 1. The molecule has 3 aromatic carbocycles. The van der Waals surface area contributed by atoms with Crippen LogP contribution in [0.15, 0.2) is 60.7 Å². The third kappa shape index (κ3) is 8.35. The molecule has 0 unspecified atom stereocenters. The number of carbonyl (C=O) groups is 3. The Labute approximate surface area is 291 Å². The highest BCUT2D eigenvalue weighted by Crippen LogP contribution is 2.34. The Bertz CT molecular complexity index is 1780. The molecule has 7 N–H and O–H groups in total. The maximum atomic E-state index is 13.9. The monoisotopic (exact) mass is 679 g/mol. The second kappa shape index (κ2) is 16.0. The number of amides is 3. The number of nitrogens with two attached hydrogens (primary N) is 1. The second-order valence-corrected chi connectivity index (χ2v) is 13.2. The molecule has 3 amide bonds. The minimum atomic E-state index is -0.842. The van der Waals surface area contributed by atoms with E-state index in [0.717, 1.165) is 73.0 Å². The molecule has 2 heterocycles. The fourth-order valence-electron chi connectivity index (χ4n) is 6.86. The van der Waals surface area contributed by atoms with Crippen LogP contribution in [0.1, 0.15) is 53.6 Å². The molecule has 6 rings (SSSR count). The Morgan fingerprint density at radius 3 is 2.44 bits per heavy atom. The number of benzene rings is 3. The van der Waals surface area contributed by atoms with Gasteiger partial charge >= 0.3 is 0 Å². The van der Waals surface area contributed by atoms with Gasteiger partial charge in [0, 0.05) is 47.3 Å². The van der Waals surface area contributed by atoms with Gasteiger partial charge in [-0.1, -0.05) is 12.1 Å². The van der Waals surface area contributed by atoms with Gasteiger partial charge in [0.2, 0.25) is 17.6 Å². The number of anilines is 1. The quantitative estimate of drug-likeness (QED) is 0.130.